The number of para-hydroxylation sites is 1. The number of anilines is 1. The van der Waals surface area contributed by atoms with Crippen LogP contribution in [0.2, 0.25) is 5.02 Å². The van der Waals surface area contributed by atoms with E-state index in [0.29, 0.717) is 11.1 Å². The number of benzene rings is 2. The molecule has 0 aliphatic carbocycles. The molecule has 0 spiro atoms. The zero-order valence-corrected chi connectivity index (χ0v) is 13.9. The summed E-state index contributed by atoms with van der Waals surface area (Å²) in [7, 11) is 0. The summed E-state index contributed by atoms with van der Waals surface area (Å²) >= 11 is 5.64. The quantitative estimate of drug-likeness (QED) is 0.702. The second kappa shape index (κ2) is 6.94. The average Bonchev–Trinajstić information content (AvgIpc) is 2.93. The molecule has 0 unspecified atom stereocenters. The second-order valence-electron chi connectivity index (χ2n) is 5.30. The lowest BCUT2D eigenvalue weighted by atomic mass is 10.1. The van der Waals surface area contributed by atoms with Crippen molar-refractivity contribution in [2.24, 2.45) is 0 Å². The van der Waals surface area contributed by atoms with Crippen molar-refractivity contribution < 1.29 is 23.1 Å². The molecule has 1 N–H and O–H groups in total. The van der Waals surface area contributed by atoms with Crippen LogP contribution in [-0.4, -0.2) is 18.5 Å². The van der Waals surface area contributed by atoms with Crippen LogP contribution in [0.4, 0.5) is 10.1 Å². The Kier molecular flexibility index (Phi) is 4.72. The minimum atomic E-state index is -0.763. The van der Waals surface area contributed by atoms with Gasteiger partial charge < -0.3 is 14.5 Å². The Morgan fingerprint density at radius 2 is 2.00 bits per heavy atom. The highest BCUT2D eigenvalue weighted by atomic mass is 35.5. The molecular formula is C18H13ClFNO4. The molecule has 0 fully saturated rings. The van der Waals surface area contributed by atoms with Crippen LogP contribution in [0, 0.1) is 12.7 Å². The molecule has 0 aliphatic heterocycles. The van der Waals surface area contributed by atoms with Gasteiger partial charge in [-0.3, -0.25) is 4.79 Å². The maximum atomic E-state index is 13.6. The summed E-state index contributed by atoms with van der Waals surface area (Å²) in [4.78, 5) is 23.9. The summed E-state index contributed by atoms with van der Waals surface area (Å²) in [5.74, 6) is -2.09. The summed E-state index contributed by atoms with van der Waals surface area (Å²) < 4.78 is 24.0. The number of halogens is 2. The molecule has 5 nitrogen and oxygen atoms in total. The molecule has 1 amide bonds. The van der Waals surface area contributed by atoms with E-state index in [1.165, 1.54) is 12.1 Å². The maximum absolute atomic E-state index is 13.6. The number of esters is 1. The monoisotopic (exact) mass is 361 g/mol. The number of rotatable bonds is 4. The van der Waals surface area contributed by atoms with Crippen LogP contribution in [0.5, 0.6) is 0 Å². The molecule has 128 valence electrons. The molecule has 7 heteroatoms. The van der Waals surface area contributed by atoms with Gasteiger partial charge in [-0.1, -0.05) is 29.8 Å². The van der Waals surface area contributed by atoms with Gasteiger partial charge in [-0.15, -0.1) is 0 Å². The Labute approximate surface area is 147 Å². The number of fused-ring (bicyclic) bond motifs is 1. The molecule has 3 aromatic rings. The van der Waals surface area contributed by atoms with E-state index >= 15 is 0 Å². The van der Waals surface area contributed by atoms with E-state index in [4.69, 9.17) is 20.8 Å². The fraction of sp³-hybridized carbons (Fsp3) is 0.111. The number of hydrogen-bond donors (Lipinski definition) is 1. The molecule has 1 heterocycles. The largest absolute Gasteiger partial charge is 0.450 e. The smallest absolute Gasteiger partial charge is 0.375 e. The summed E-state index contributed by atoms with van der Waals surface area (Å²) in [6.45, 7) is 1.16. The van der Waals surface area contributed by atoms with E-state index in [2.05, 4.69) is 5.32 Å². The molecule has 0 aliphatic rings. The van der Waals surface area contributed by atoms with Gasteiger partial charge in [-0.2, -0.15) is 0 Å². The molecule has 0 bridgehead atoms. The van der Waals surface area contributed by atoms with Crippen LogP contribution in [-0.2, 0) is 9.53 Å². The fourth-order valence-corrected chi connectivity index (χ4v) is 2.50. The lowest BCUT2D eigenvalue weighted by Gasteiger charge is -2.07. The number of carbonyl (C=O) groups is 2. The Morgan fingerprint density at radius 1 is 1.24 bits per heavy atom. The van der Waals surface area contributed by atoms with E-state index in [0.717, 1.165) is 11.5 Å². The summed E-state index contributed by atoms with van der Waals surface area (Å²) in [5, 5.41) is 3.31. The molecular weight excluding hydrogens is 349 g/mol. The molecule has 0 saturated carbocycles. The molecule has 3 rings (SSSR count). The van der Waals surface area contributed by atoms with Crippen LogP contribution in [0.15, 0.2) is 46.9 Å². The predicted molar refractivity (Wildman–Crippen MR) is 91.3 cm³/mol. The fourth-order valence-electron chi connectivity index (χ4n) is 2.34. The number of aryl methyl sites for hydroxylation is 1. The van der Waals surface area contributed by atoms with Crippen LogP contribution < -0.4 is 5.32 Å². The van der Waals surface area contributed by atoms with Crippen molar-refractivity contribution in [3.8, 4) is 0 Å². The van der Waals surface area contributed by atoms with Crippen molar-refractivity contribution in [1.29, 1.82) is 0 Å². The van der Waals surface area contributed by atoms with Crippen molar-refractivity contribution in [3.05, 3.63) is 64.6 Å². The number of hydrogen-bond acceptors (Lipinski definition) is 4. The molecule has 25 heavy (non-hydrogen) atoms. The van der Waals surface area contributed by atoms with Gasteiger partial charge in [0.05, 0.1) is 5.69 Å². The van der Waals surface area contributed by atoms with E-state index in [9.17, 15) is 14.0 Å². The minimum absolute atomic E-state index is 0.0340. The van der Waals surface area contributed by atoms with E-state index < -0.39 is 24.3 Å². The Hall–Kier alpha value is -2.86. The van der Waals surface area contributed by atoms with Gasteiger partial charge >= 0.3 is 5.97 Å². The van der Waals surface area contributed by atoms with E-state index in [1.54, 1.807) is 19.1 Å². The Bertz CT molecular complexity index is 967. The molecule has 2 aromatic carbocycles. The van der Waals surface area contributed by atoms with Crippen LogP contribution >= 0.6 is 11.6 Å². The third-order valence-electron chi connectivity index (χ3n) is 3.57. The minimum Gasteiger partial charge on any atom is -0.450 e. The van der Waals surface area contributed by atoms with Crippen LogP contribution in [0.3, 0.4) is 0 Å². The van der Waals surface area contributed by atoms with Crippen molar-refractivity contribution in [2.75, 3.05) is 11.9 Å². The first-order valence-electron chi connectivity index (χ1n) is 7.36. The van der Waals surface area contributed by atoms with Crippen molar-refractivity contribution in [3.63, 3.8) is 0 Å². The van der Waals surface area contributed by atoms with Gasteiger partial charge in [0, 0.05) is 16.0 Å². The second-order valence-corrected chi connectivity index (χ2v) is 5.74. The first-order chi connectivity index (χ1) is 12.0. The van der Waals surface area contributed by atoms with Gasteiger partial charge in [-0.05, 0) is 31.2 Å². The van der Waals surface area contributed by atoms with Crippen molar-refractivity contribution in [2.45, 2.75) is 6.92 Å². The highest BCUT2D eigenvalue weighted by Gasteiger charge is 2.20. The number of ether oxygens (including phenoxy) is 1. The van der Waals surface area contributed by atoms with Crippen LogP contribution in [0.25, 0.3) is 11.0 Å². The third-order valence-corrected chi connectivity index (χ3v) is 3.80. The Balaban J connectivity index is 1.65. The standard InChI is InChI=1S/C18H13ClFNO4/c1-10-12-4-2-3-5-15(12)25-17(10)18(23)24-9-16(22)21-14-7-6-11(19)8-13(14)20/h2-8H,9H2,1H3,(H,21,22). The predicted octanol–water partition coefficient (Wildman–Crippen LogP) is 4.33. The van der Waals surface area contributed by atoms with Gasteiger partial charge in [-0.25, -0.2) is 9.18 Å². The van der Waals surface area contributed by atoms with Gasteiger partial charge in [0.1, 0.15) is 11.4 Å². The third kappa shape index (κ3) is 3.64. The summed E-state index contributed by atoms with van der Waals surface area (Å²) in [6, 6.07) is 11.0. The summed E-state index contributed by atoms with van der Waals surface area (Å²) in [5.41, 5.74) is 1.13. The number of carbonyl (C=O) groups excluding carboxylic acids is 2. The summed E-state index contributed by atoms with van der Waals surface area (Å²) in [6.07, 6.45) is 0. The van der Waals surface area contributed by atoms with E-state index in [-0.39, 0.29) is 16.5 Å². The maximum Gasteiger partial charge on any atom is 0.375 e. The van der Waals surface area contributed by atoms with E-state index in [1.807, 2.05) is 12.1 Å². The van der Waals surface area contributed by atoms with Gasteiger partial charge in [0.15, 0.2) is 6.61 Å². The number of amides is 1. The number of nitrogens with one attached hydrogen (secondary N) is 1. The van der Waals surface area contributed by atoms with Gasteiger partial charge in [0.2, 0.25) is 5.76 Å². The Morgan fingerprint density at radius 3 is 2.72 bits per heavy atom. The highest BCUT2D eigenvalue weighted by Crippen LogP contribution is 2.25. The molecule has 0 atom stereocenters. The van der Waals surface area contributed by atoms with Crippen molar-refractivity contribution >= 4 is 40.1 Å². The van der Waals surface area contributed by atoms with Crippen molar-refractivity contribution in [1.82, 2.24) is 0 Å². The first kappa shape index (κ1) is 17.0. The lowest BCUT2D eigenvalue weighted by Crippen LogP contribution is -2.21. The van der Waals surface area contributed by atoms with Gasteiger partial charge in [0.25, 0.3) is 5.91 Å². The SMILES string of the molecule is Cc1c(C(=O)OCC(=O)Nc2ccc(Cl)cc2F)oc2ccccc12. The normalized spacial score (nSPS) is 10.7. The zero-order valence-electron chi connectivity index (χ0n) is 13.1. The lowest BCUT2D eigenvalue weighted by molar-refractivity contribution is -0.119. The average molecular weight is 362 g/mol. The highest BCUT2D eigenvalue weighted by molar-refractivity contribution is 6.30. The molecule has 0 saturated heterocycles. The molecule has 0 radical (unpaired) electrons. The number of furan rings is 1. The zero-order chi connectivity index (χ0) is 18.0. The first-order valence-corrected chi connectivity index (χ1v) is 7.73. The molecule has 1 aromatic heterocycles. The van der Waals surface area contributed by atoms with Crippen LogP contribution in [0.1, 0.15) is 16.1 Å². The topological polar surface area (TPSA) is 68.5 Å².